The van der Waals surface area contributed by atoms with E-state index in [4.69, 9.17) is 0 Å². The van der Waals surface area contributed by atoms with Crippen LogP contribution in [0.2, 0.25) is 0 Å². The SMILES string of the molecule is CNC(C)c1ccc(N2CCC(C(C)(C)C)CC2)cc1. The normalized spacial score (nSPS) is 19.1. The highest BCUT2D eigenvalue weighted by Gasteiger charge is 2.28. The zero-order valence-electron chi connectivity index (χ0n) is 13.7. The van der Waals surface area contributed by atoms with Gasteiger partial charge in [0.05, 0.1) is 0 Å². The topological polar surface area (TPSA) is 15.3 Å². The zero-order valence-corrected chi connectivity index (χ0v) is 13.7. The number of piperidine rings is 1. The molecule has 0 bridgehead atoms. The van der Waals surface area contributed by atoms with Gasteiger partial charge in [0.1, 0.15) is 0 Å². The van der Waals surface area contributed by atoms with E-state index >= 15 is 0 Å². The Bertz CT molecular complexity index is 408. The van der Waals surface area contributed by atoms with Crippen LogP contribution in [0.3, 0.4) is 0 Å². The van der Waals surface area contributed by atoms with Crippen LogP contribution in [-0.2, 0) is 0 Å². The molecule has 0 aliphatic carbocycles. The van der Waals surface area contributed by atoms with Crippen molar-refractivity contribution in [2.24, 2.45) is 11.3 Å². The molecular formula is C18H30N2. The first kappa shape index (κ1) is 15.4. The fourth-order valence-corrected chi connectivity index (χ4v) is 3.14. The Morgan fingerprint density at radius 3 is 2.10 bits per heavy atom. The molecule has 2 rings (SSSR count). The van der Waals surface area contributed by atoms with Gasteiger partial charge in [0, 0.05) is 24.8 Å². The lowest BCUT2D eigenvalue weighted by Gasteiger charge is -2.39. The highest BCUT2D eigenvalue weighted by molar-refractivity contribution is 5.48. The van der Waals surface area contributed by atoms with E-state index in [2.05, 4.69) is 62.2 Å². The van der Waals surface area contributed by atoms with Crippen LogP contribution in [0.5, 0.6) is 0 Å². The summed E-state index contributed by atoms with van der Waals surface area (Å²) >= 11 is 0. The second-order valence-electron chi connectivity index (χ2n) is 7.23. The molecule has 0 aromatic heterocycles. The number of hydrogen-bond acceptors (Lipinski definition) is 2. The molecule has 1 heterocycles. The van der Waals surface area contributed by atoms with Crippen molar-refractivity contribution in [3.05, 3.63) is 29.8 Å². The minimum atomic E-state index is 0.427. The van der Waals surface area contributed by atoms with Gasteiger partial charge in [-0.2, -0.15) is 0 Å². The number of rotatable bonds is 3. The Hall–Kier alpha value is -1.02. The maximum atomic E-state index is 3.29. The van der Waals surface area contributed by atoms with Gasteiger partial charge < -0.3 is 10.2 Å². The summed E-state index contributed by atoms with van der Waals surface area (Å²) in [6.45, 7) is 11.7. The van der Waals surface area contributed by atoms with E-state index in [-0.39, 0.29) is 0 Å². The second-order valence-corrected chi connectivity index (χ2v) is 7.23. The quantitative estimate of drug-likeness (QED) is 0.887. The summed E-state index contributed by atoms with van der Waals surface area (Å²) < 4.78 is 0. The fourth-order valence-electron chi connectivity index (χ4n) is 3.14. The molecule has 112 valence electrons. The largest absolute Gasteiger partial charge is 0.372 e. The molecule has 2 heteroatoms. The molecule has 1 fully saturated rings. The number of benzene rings is 1. The maximum Gasteiger partial charge on any atom is 0.0366 e. The lowest BCUT2D eigenvalue weighted by Crippen LogP contribution is -2.38. The van der Waals surface area contributed by atoms with Gasteiger partial charge in [-0.1, -0.05) is 32.9 Å². The molecule has 1 N–H and O–H groups in total. The molecule has 1 saturated heterocycles. The molecule has 0 amide bonds. The van der Waals surface area contributed by atoms with E-state index < -0.39 is 0 Å². The molecule has 1 aromatic rings. The summed E-state index contributed by atoms with van der Waals surface area (Å²) in [5, 5.41) is 3.29. The van der Waals surface area contributed by atoms with Crippen LogP contribution in [0.15, 0.2) is 24.3 Å². The highest BCUT2D eigenvalue weighted by Crippen LogP contribution is 2.35. The standard InChI is InChI=1S/C18H30N2/c1-14(19-5)15-6-8-17(9-7-15)20-12-10-16(11-13-20)18(2,3)4/h6-9,14,16,19H,10-13H2,1-5H3. The van der Waals surface area contributed by atoms with E-state index in [0.717, 1.165) is 5.92 Å². The molecule has 2 nitrogen and oxygen atoms in total. The van der Waals surface area contributed by atoms with E-state index in [1.807, 2.05) is 7.05 Å². The first-order valence-electron chi connectivity index (χ1n) is 7.94. The minimum Gasteiger partial charge on any atom is -0.372 e. The molecular weight excluding hydrogens is 244 g/mol. The Morgan fingerprint density at radius 2 is 1.65 bits per heavy atom. The average molecular weight is 274 g/mol. The summed E-state index contributed by atoms with van der Waals surface area (Å²) in [5.74, 6) is 0.863. The third-order valence-electron chi connectivity index (χ3n) is 4.91. The maximum absolute atomic E-state index is 3.29. The van der Waals surface area contributed by atoms with Gasteiger partial charge in [-0.3, -0.25) is 0 Å². The predicted molar refractivity (Wildman–Crippen MR) is 88.3 cm³/mol. The Labute approximate surface area is 124 Å². The lowest BCUT2D eigenvalue weighted by molar-refractivity contribution is 0.199. The van der Waals surface area contributed by atoms with E-state index in [9.17, 15) is 0 Å². The van der Waals surface area contributed by atoms with Crippen LogP contribution in [0.25, 0.3) is 0 Å². The van der Waals surface area contributed by atoms with Crippen molar-refractivity contribution in [2.45, 2.75) is 46.6 Å². The first-order chi connectivity index (χ1) is 9.41. The van der Waals surface area contributed by atoms with Crippen molar-refractivity contribution in [1.29, 1.82) is 0 Å². The Morgan fingerprint density at radius 1 is 1.10 bits per heavy atom. The molecule has 1 aliphatic heterocycles. The second kappa shape index (κ2) is 6.17. The average Bonchev–Trinajstić information content (AvgIpc) is 2.46. The van der Waals surface area contributed by atoms with Crippen molar-refractivity contribution >= 4 is 5.69 Å². The molecule has 0 saturated carbocycles. The van der Waals surface area contributed by atoms with Crippen molar-refractivity contribution in [3.63, 3.8) is 0 Å². The monoisotopic (exact) mass is 274 g/mol. The Kier molecular flexibility index (Phi) is 4.74. The summed E-state index contributed by atoms with van der Waals surface area (Å²) in [6, 6.07) is 9.50. The summed E-state index contributed by atoms with van der Waals surface area (Å²) in [4.78, 5) is 2.54. The van der Waals surface area contributed by atoms with Crippen LogP contribution in [0, 0.1) is 11.3 Å². The highest BCUT2D eigenvalue weighted by atomic mass is 15.1. The van der Waals surface area contributed by atoms with Crippen molar-refractivity contribution < 1.29 is 0 Å². The van der Waals surface area contributed by atoms with Crippen molar-refractivity contribution in [2.75, 3.05) is 25.0 Å². The van der Waals surface area contributed by atoms with Gasteiger partial charge in [-0.05, 0) is 55.8 Å². The number of hydrogen-bond donors (Lipinski definition) is 1. The number of anilines is 1. The molecule has 1 aromatic carbocycles. The van der Waals surface area contributed by atoms with Crippen molar-refractivity contribution in [3.8, 4) is 0 Å². The molecule has 0 spiro atoms. The zero-order chi connectivity index (χ0) is 14.8. The predicted octanol–water partition coefficient (Wildman–Crippen LogP) is 4.23. The van der Waals surface area contributed by atoms with Crippen LogP contribution in [-0.4, -0.2) is 20.1 Å². The molecule has 20 heavy (non-hydrogen) atoms. The van der Waals surface area contributed by atoms with Crippen molar-refractivity contribution in [1.82, 2.24) is 5.32 Å². The summed E-state index contributed by atoms with van der Waals surface area (Å²) in [7, 11) is 2.01. The molecule has 1 unspecified atom stereocenters. The fraction of sp³-hybridized carbons (Fsp3) is 0.667. The minimum absolute atomic E-state index is 0.427. The number of nitrogens with one attached hydrogen (secondary N) is 1. The lowest BCUT2D eigenvalue weighted by atomic mass is 9.75. The van der Waals surface area contributed by atoms with E-state index in [0.29, 0.717) is 11.5 Å². The number of nitrogens with zero attached hydrogens (tertiary/aromatic N) is 1. The summed E-state index contributed by atoms with van der Waals surface area (Å²) in [5.41, 5.74) is 3.20. The summed E-state index contributed by atoms with van der Waals surface area (Å²) in [6.07, 6.45) is 2.64. The first-order valence-corrected chi connectivity index (χ1v) is 7.94. The molecule has 1 atom stereocenters. The van der Waals surface area contributed by atoms with Gasteiger partial charge in [0.2, 0.25) is 0 Å². The van der Waals surface area contributed by atoms with Gasteiger partial charge in [0.25, 0.3) is 0 Å². The third-order valence-corrected chi connectivity index (χ3v) is 4.91. The van der Waals surface area contributed by atoms with E-state index in [1.165, 1.54) is 37.2 Å². The third kappa shape index (κ3) is 3.54. The van der Waals surface area contributed by atoms with E-state index in [1.54, 1.807) is 0 Å². The molecule has 0 radical (unpaired) electrons. The Balaban J connectivity index is 1.97. The van der Waals surface area contributed by atoms with Crippen LogP contribution in [0.4, 0.5) is 5.69 Å². The van der Waals surface area contributed by atoms with Gasteiger partial charge in [0.15, 0.2) is 0 Å². The van der Waals surface area contributed by atoms with Crippen LogP contribution in [0.1, 0.15) is 52.1 Å². The molecule has 1 aliphatic rings. The van der Waals surface area contributed by atoms with Gasteiger partial charge in [-0.25, -0.2) is 0 Å². The van der Waals surface area contributed by atoms with Crippen LogP contribution < -0.4 is 10.2 Å². The smallest absolute Gasteiger partial charge is 0.0366 e. The van der Waals surface area contributed by atoms with Crippen LogP contribution >= 0.6 is 0 Å². The van der Waals surface area contributed by atoms with Gasteiger partial charge >= 0.3 is 0 Å². The van der Waals surface area contributed by atoms with Gasteiger partial charge in [-0.15, -0.1) is 0 Å².